The van der Waals surface area contributed by atoms with Gasteiger partial charge in [-0.25, -0.2) is 0 Å². The van der Waals surface area contributed by atoms with E-state index >= 15 is 0 Å². The van der Waals surface area contributed by atoms with E-state index in [0.29, 0.717) is 19.8 Å². The van der Waals surface area contributed by atoms with Crippen molar-refractivity contribution < 1.29 is 4.79 Å². The number of nitrogens with zero attached hydrogens (tertiary/aromatic N) is 2. The first-order valence-corrected chi connectivity index (χ1v) is 7.24. The predicted molar refractivity (Wildman–Crippen MR) is 74.8 cm³/mol. The third kappa shape index (κ3) is 2.11. The average molecular weight is 337 g/mol. The SMILES string of the molecule is CC(=O)c1ccc(-c2sc(Br)c(C#N)c2C#N)s1. The van der Waals surface area contributed by atoms with Gasteiger partial charge in [-0.1, -0.05) is 0 Å². The molecule has 0 aliphatic carbocycles. The first-order chi connectivity index (χ1) is 8.58. The molecule has 0 bridgehead atoms. The molecule has 0 unspecified atom stereocenters. The fourth-order valence-electron chi connectivity index (χ4n) is 1.43. The van der Waals surface area contributed by atoms with Crippen molar-refractivity contribution in [2.24, 2.45) is 0 Å². The summed E-state index contributed by atoms with van der Waals surface area (Å²) in [6, 6.07) is 7.61. The lowest BCUT2D eigenvalue weighted by atomic mass is 10.1. The summed E-state index contributed by atoms with van der Waals surface area (Å²) in [4.78, 5) is 13.5. The molecule has 0 spiro atoms. The second-order valence-corrected chi connectivity index (χ2v) is 6.82. The van der Waals surface area contributed by atoms with E-state index in [-0.39, 0.29) is 5.78 Å². The van der Waals surface area contributed by atoms with E-state index in [0.717, 1.165) is 9.75 Å². The highest BCUT2D eigenvalue weighted by atomic mass is 79.9. The third-order valence-corrected chi connectivity index (χ3v) is 5.49. The molecule has 0 aliphatic heterocycles. The van der Waals surface area contributed by atoms with Crippen molar-refractivity contribution in [2.75, 3.05) is 0 Å². The average Bonchev–Trinajstić information content (AvgIpc) is 2.92. The van der Waals surface area contributed by atoms with E-state index in [2.05, 4.69) is 22.0 Å². The molecule has 6 heteroatoms. The van der Waals surface area contributed by atoms with Crippen LogP contribution in [0.5, 0.6) is 0 Å². The molecule has 2 aromatic rings. The summed E-state index contributed by atoms with van der Waals surface area (Å²) in [6.07, 6.45) is 0. The van der Waals surface area contributed by atoms with Crippen molar-refractivity contribution in [3.8, 4) is 21.9 Å². The van der Waals surface area contributed by atoms with Crippen molar-refractivity contribution in [2.45, 2.75) is 6.92 Å². The zero-order valence-electron chi connectivity index (χ0n) is 9.15. The molecule has 18 heavy (non-hydrogen) atoms. The maximum atomic E-state index is 11.3. The lowest BCUT2D eigenvalue weighted by Gasteiger charge is -1.91. The first-order valence-electron chi connectivity index (χ1n) is 4.82. The van der Waals surface area contributed by atoms with Crippen LogP contribution in [0.2, 0.25) is 0 Å². The van der Waals surface area contributed by atoms with E-state index < -0.39 is 0 Å². The molecule has 0 atom stereocenters. The largest absolute Gasteiger partial charge is 0.294 e. The number of carbonyl (C=O) groups excluding carboxylic acids is 1. The summed E-state index contributed by atoms with van der Waals surface area (Å²) in [6.45, 7) is 1.51. The van der Waals surface area contributed by atoms with Gasteiger partial charge in [0, 0.05) is 4.88 Å². The van der Waals surface area contributed by atoms with Crippen molar-refractivity contribution in [1.29, 1.82) is 10.5 Å². The Balaban J connectivity index is 2.62. The van der Waals surface area contributed by atoms with Gasteiger partial charge < -0.3 is 0 Å². The number of carbonyl (C=O) groups is 1. The Kier molecular flexibility index (Phi) is 3.63. The lowest BCUT2D eigenvalue weighted by molar-refractivity contribution is 0.102. The van der Waals surface area contributed by atoms with Crippen LogP contribution in [-0.2, 0) is 0 Å². The molecule has 0 amide bonds. The molecule has 2 aromatic heterocycles. The van der Waals surface area contributed by atoms with E-state index in [9.17, 15) is 4.79 Å². The Bertz CT molecular complexity index is 715. The molecule has 0 N–H and O–H groups in total. The molecule has 88 valence electrons. The fraction of sp³-hybridized carbons (Fsp3) is 0.0833. The van der Waals surface area contributed by atoms with Crippen LogP contribution in [0.15, 0.2) is 15.9 Å². The highest BCUT2D eigenvalue weighted by molar-refractivity contribution is 9.11. The van der Waals surface area contributed by atoms with E-state index in [1.165, 1.54) is 29.6 Å². The zero-order chi connectivity index (χ0) is 13.3. The molecular formula is C12H5BrN2OS2. The Labute approximate surface area is 120 Å². The second-order valence-electron chi connectivity index (χ2n) is 3.40. The number of hydrogen-bond donors (Lipinski definition) is 0. The molecule has 2 heterocycles. The minimum Gasteiger partial charge on any atom is -0.294 e. The smallest absolute Gasteiger partial charge is 0.169 e. The number of rotatable bonds is 2. The minimum absolute atomic E-state index is 0.000820. The van der Waals surface area contributed by atoms with E-state index in [1.807, 2.05) is 12.1 Å². The number of hydrogen-bond acceptors (Lipinski definition) is 5. The quantitative estimate of drug-likeness (QED) is 0.772. The monoisotopic (exact) mass is 336 g/mol. The fourth-order valence-corrected chi connectivity index (χ4v) is 4.15. The molecule has 2 rings (SSSR count). The number of Topliss-reactive ketones (excluding diaryl/α,β-unsaturated/α-hetero) is 1. The number of thiophene rings is 2. The van der Waals surface area contributed by atoms with Gasteiger partial charge in [-0.3, -0.25) is 4.79 Å². The maximum absolute atomic E-state index is 11.3. The molecule has 0 fully saturated rings. The molecule has 0 radical (unpaired) electrons. The van der Waals surface area contributed by atoms with Gasteiger partial charge in [-0.2, -0.15) is 10.5 Å². The standard InChI is InChI=1S/C12H5BrN2OS2/c1-6(16)9-2-3-10(17-9)11-7(4-14)8(5-15)12(13)18-11/h2-3H,1H3. The molecule has 0 saturated carbocycles. The van der Waals surface area contributed by atoms with Crippen LogP contribution in [0.25, 0.3) is 9.75 Å². The van der Waals surface area contributed by atoms with Gasteiger partial charge in [0.2, 0.25) is 0 Å². The van der Waals surface area contributed by atoms with Crippen molar-refractivity contribution in [3.63, 3.8) is 0 Å². The molecule has 0 aromatic carbocycles. The van der Waals surface area contributed by atoms with Crippen molar-refractivity contribution in [3.05, 3.63) is 31.9 Å². The Morgan fingerprint density at radius 1 is 1.22 bits per heavy atom. The van der Waals surface area contributed by atoms with Crippen molar-refractivity contribution >= 4 is 44.4 Å². The van der Waals surface area contributed by atoms with Crippen LogP contribution >= 0.6 is 38.6 Å². The van der Waals surface area contributed by atoms with Gasteiger partial charge in [0.15, 0.2) is 5.78 Å². The third-order valence-electron chi connectivity index (χ3n) is 2.27. The van der Waals surface area contributed by atoms with Crippen LogP contribution < -0.4 is 0 Å². The maximum Gasteiger partial charge on any atom is 0.169 e. The predicted octanol–water partition coefficient (Wildman–Crippen LogP) is 4.19. The first kappa shape index (κ1) is 13.0. The number of nitriles is 2. The highest BCUT2D eigenvalue weighted by Gasteiger charge is 2.19. The minimum atomic E-state index is 0.000820. The van der Waals surface area contributed by atoms with Crippen LogP contribution in [0, 0.1) is 22.7 Å². The van der Waals surface area contributed by atoms with Gasteiger partial charge in [0.25, 0.3) is 0 Å². The van der Waals surface area contributed by atoms with Crippen LogP contribution in [0.4, 0.5) is 0 Å². The summed E-state index contributed by atoms with van der Waals surface area (Å²) >= 11 is 5.96. The summed E-state index contributed by atoms with van der Waals surface area (Å²) in [5, 5.41) is 18.2. The van der Waals surface area contributed by atoms with E-state index in [4.69, 9.17) is 10.5 Å². The highest BCUT2D eigenvalue weighted by Crippen LogP contribution is 2.41. The molecule has 0 aliphatic rings. The van der Waals surface area contributed by atoms with Crippen LogP contribution in [0.3, 0.4) is 0 Å². The van der Waals surface area contributed by atoms with Gasteiger partial charge in [0.05, 0.1) is 24.7 Å². The van der Waals surface area contributed by atoms with Gasteiger partial charge in [-0.05, 0) is 35.0 Å². The van der Waals surface area contributed by atoms with Crippen LogP contribution in [0.1, 0.15) is 27.7 Å². The zero-order valence-corrected chi connectivity index (χ0v) is 12.4. The van der Waals surface area contributed by atoms with Crippen LogP contribution in [-0.4, -0.2) is 5.78 Å². The number of ketones is 1. The summed E-state index contributed by atoms with van der Waals surface area (Å²) in [7, 11) is 0. The summed E-state index contributed by atoms with van der Waals surface area (Å²) in [5.41, 5.74) is 0.724. The summed E-state index contributed by atoms with van der Waals surface area (Å²) < 4.78 is 0.648. The van der Waals surface area contributed by atoms with E-state index in [1.54, 1.807) is 6.07 Å². The normalized spacial score (nSPS) is 9.78. The van der Waals surface area contributed by atoms with Gasteiger partial charge in [-0.15, -0.1) is 22.7 Å². The topological polar surface area (TPSA) is 64.7 Å². The summed E-state index contributed by atoms with van der Waals surface area (Å²) in [5.74, 6) is 0.000820. The Hall–Kier alpha value is -1.47. The Morgan fingerprint density at radius 3 is 2.39 bits per heavy atom. The Morgan fingerprint density at radius 2 is 1.89 bits per heavy atom. The molecule has 3 nitrogen and oxygen atoms in total. The van der Waals surface area contributed by atoms with Gasteiger partial charge >= 0.3 is 0 Å². The second kappa shape index (κ2) is 5.03. The lowest BCUT2D eigenvalue weighted by Crippen LogP contribution is -1.83. The molecule has 0 saturated heterocycles. The number of halogens is 1. The van der Waals surface area contributed by atoms with Gasteiger partial charge in [0.1, 0.15) is 12.1 Å². The molecular weight excluding hydrogens is 332 g/mol. The van der Waals surface area contributed by atoms with Crippen molar-refractivity contribution in [1.82, 2.24) is 0 Å².